The summed E-state index contributed by atoms with van der Waals surface area (Å²) in [7, 11) is 2.94. The molecule has 0 saturated carbocycles. The molecule has 0 radical (unpaired) electrons. The fourth-order valence-electron chi connectivity index (χ4n) is 8.94. The summed E-state index contributed by atoms with van der Waals surface area (Å²) in [5, 5.41) is 26.0. The zero-order valence-electron chi connectivity index (χ0n) is 41.6. The molecule has 72 heavy (non-hydrogen) atoms. The molecule has 22 heteroatoms. The van der Waals surface area contributed by atoms with E-state index in [0.29, 0.717) is 82.9 Å². The summed E-state index contributed by atoms with van der Waals surface area (Å²) >= 11 is 12.9. The Hall–Kier alpha value is -7.06. The van der Waals surface area contributed by atoms with Crippen molar-refractivity contribution in [2.24, 2.45) is 19.8 Å². The molecule has 6 aromatic rings. The maximum Gasteiger partial charge on any atom is 0.407 e. The molecule has 2 fully saturated rings. The first kappa shape index (κ1) is 52.8. The lowest BCUT2D eigenvalue weighted by molar-refractivity contribution is 0.0488. The van der Waals surface area contributed by atoms with Gasteiger partial charge in [0.1, 0.15) is 33.6 Å². The van der Waals surface area contributed by atoms with Crippen molar-refractivity contribution in [1.29, 1.82) is 0 Å². The predicted molar refractivity (Wildman–Crippen MR) is 274 cm³/mol. The molecule has 20 nitrogen and oxygen atoms in total. The van der Waals surface area contributed by atoms with Gasteiger partial charge in [-0.15, -0.1) is 10.2 Å². The molecule has 3 amide bonds. The lowest BCUT2D eigenvalue weighted by Gasteiger charge is -2.34. The number of hydrogen-bond acceptors (Lipinski definition) is 12. The number of carbonyl (C=O) groups is 4. The first-order valence-corrected chi connectivity index (χ1v) is 24.4. The van der Waals surface area contributed by atoms with Crippen LogP contribution in [0.15, 0.2) is 70.5 Å². The molecule has 8 rings (SSSR count). The van der Waals surface area contributed by atoms with Crippen LogP contribution in [0.1, 0.15) is 110 Å². The number of rotatable bonds is 10. The van der Waals surface area contributed by atoms with Crippen LogP contribution in [0, 0.1) is 0 Å². The van der Waals surface area contributed by atoms with Crippen molar-refractivity contribution >= 4 is 69.9 Å². The fourth-order valence-corrected chi connectivity index (χ4v) is 9.35. The van der Waals surface area contributed by atoms with Crippen molar-refractivity contribution < 1.29 is 33.8 Å². The van der Waals surface area contributed by atoms with Crippen LogP contribution in [0.25, 0.3) is 11.0 Å². The number of ether oxygens (including phenoxy) is 2. The highest BCUT2D eigenvalue weighted by molar-refractivity contribution is 6.31. The summed E-state index contributed by atoms with van der Waals surface area (Å²) in [6, 6.07) is 14.5. The molecule has 2 aromatic carbocycles. The maximum atomic E-state index is 13.4. The largest absolute Gasteiger partial charge is 0.477 e. The molecule has 0 aliphatic carbocycles. The molecule has 0 spiro atoms. The molecular formula is C50H61Cl2N11O9. The van der Waals surface area contributed by atoms with Crippen LogP contribution in [0.3, 0.4) is 0 Å². The van der Waals surface area contributed by atoms with Gasteiger partial charge in [0.05, 0.1) is 12.4 Å². The number of nitrogens with zero attached hydrogens (tertiary/aromatic N) is 8. The van der Waals surface area contributed by atoms with Crippen molar-refractivity contribution in [2.45, 2.75) is 103 Å². The predicted octanol–water partition coefficient (Wildman–Crippen LogP) is 6.34. The normalized spacial score (nSPS) is 16.2. The van der Waals surface area contributed by atoms with Gasteiger partial charge in [-0.3, -0.25) is 14.4 Å². The quantitative estimate of drug-likeness (QED) is 0.117. The molecular weight excluding hydrogens is 970 g/mol. The summed E-state index contributed by atoms with van der Waals surface area (Å²) in [4.78, 5) is 79.1. The first-order chi connectivity index (χ1) is 33.9. The summed E-state index contributed by atoms with van der Waals surface area (Å²) in [5.74, 6) is -0.781. The second-order valence-corrected chi connectivity index (χ2v) is 20.8. The Morgan fingerprint density at radius 2 is 1.07 bits per heavy atom. The zero-order chi connectivity index (χ0) is 52.4. The summed E-state index contributed by atoms with van der Waals surface area (Å²) in [6.07, 6.45) is 5.72. The Balaban J connectivity index is 0.000000211. The molecule has 5 N–H and O–H groups in total. The number of benzene rings is 2. The maximum absolute atomic E-state index is 13.4. The average molecular weight is 1030 g/mol. The lowest BCUT2D eigenvalue weighted by atomic mass is 10.0. The van der Waals surface area contributed by atoms with Crippen LogP contribution in [-0.2, 0) is 36.4 Å². The third-order valence-electron chi connectivity index (χ3n) is 12.2. The van der Waals surface area contributed by atoms with Gasteiger partial charge in [0.25, 0.3) is 17.0 Å². The minimum Gasteiger partial charge on any atom is -0.477 e. The second kappa shape index (κ2) is 21.3. The van der Waals surface area contributed by atoms with Crippen molar-refractivity contribution in [3.05, 3.63) is 125 Å². The Labute approximate surface area is 425 Å². The highest BCUT2D eigenvalue weighted by atomic mass is 35.5. The number of nitrogens with two attached hydrogens (primary N) is 1. The van der Waals surface area contributed by atoms with Crippen LogP contribution in [0.2, 0.25) is 10.0 Å². The Morgan fingerprint density at radius 3 is 1.44 bits per heavy atom. The number of primary amides is 1. The average Bonchev–Trinajstić information content (AvgIpc) is 3.84. The van der Waals surface area contributed by atoms with Gasteiger partial charge in [-0.05, 0) is 90.5 Å². The standard InChI is InChI=1S/C25H31ClN6O4.C25H30ClN5O5/c1-25(2,3)36-24(35)28-16-9-7-11-31(13-16)22-17(12-15-8-5-6-10-18(15)26)20-23(34)30(4)19(21(27)33)14-32(20)29-22;1-25(2,3)36-24(35)27-16-9-7-11-30(13-16)21-17(12-15-8-5-6-10-18(15)26)20-22(32)29(4)19(23(33)34)14-31(20)28-21/h5-6,8,10,14,16H,7,9,11-13H2,1-4H3,(H2,27,33)(H,28,35);5-6,8,10,14,16H,7,9,11-13H2,1-4H3,(H,27,35)(H,33,34)/t2*16-/m11/s1. The van der Waals surface area contributed by atoms with E-state index >= 15 is 0 Å². The van der Waals surface area contributed by atoms with Gasteiger partial charge in [-0.25, -0.2) is 23.4 Å². The number of aromatic nitrogens is 6. The van der Waals surface area contributed by atoms with Gasteiger partial charge in [-0.2, -0.15) is 0 Å². The number of hydrogen-bond donors (Lipinski definition) is 4. The van der Waals surface area contributed by atoms with E-state index in [2.05, 4.69) is 15.7 Å². The summed E-state index contributed by atoms with van der Waals surface area (Å²) in [6.45, 7) is 13.2. The number of fused-ring (bicyclic) bond motifs is 2. The second-order valence-electron chi connectivity index (χ2n) is 20.0. The topological polar surface area (TPSA) is 242 Å². The van der Waals surface area contributed by atoms with Crippen LogP contribution < -0.4 is 37.3 Å². The summed E-state index contributed by atoms with van der Waals surface area (Å²) in [5.41, 5.74) is 6.97. The number of carboxylic acids is 1. The number of carbonyl (C=O) groups excluding carboxylic acids is 3. The van der Waals surface area contributed by atoms with Gasteiger partial charge >= 0.3 is 18.2 Å². The minimum absolute atomic E-state index is 0.0500. The van der Waals surface area contributed by atoms with E-state index in [-0.39, 0.29) is 29.0 Å². The lowest BCUT2D eigenvalue weighted by Crippen LogP contribution is -2.49. The molecule has 384 valence electrons. The minimum atomic E-state index is -1.22. The van der Waals surface area contributed by atoms with Gasteiger partial charge in [-0.1, -0.05) is 59.6 Å². The molecule has 6 heterocycles. The molecule has 2 saturated heterocycles. The van der Waals surface area contributed by atoms with Crippen LogP contribution in [-0.4, -0.2) is 107 Å². The highest BCUT2D eigenvalue weighted by Crippen LogP contribution is 2.32. The van der Waals surface area contributed by atoms with E-state index < -0.39 is 40.8 Å². The fraction of sp³-hybridized carbons (Fsp3) is 0.440. The van der Waals surface area contributed by atoms with E-state index in [0.717, 1.165) is 41.4 Å². The molecule has 2 aliphatic heterocycles. The van der Waals surface area contributed by atoms with Crippen LogP contribution in [0.4, 0.5) is 21.2 Å². The van der Waals surface area contributed by atoms with Gasteiger partial charge in [0, 0.05) is 86.4 Å². The first-order valence-electron chi connectivity index (χ1n) is 23.6. The number of halogens is 2. The number of nitrogens with one attached hydrogen (secondary N) is 2. The Bertz CT molecular complexity index is 2960. The van der Waals surface area contributed by atoms with E-state index in [1.54, 1.807) is 12.1 Å². The van der Waals surface area contributed by atoms with E-state index in [4.69, 9.17) is 43.5 Å². The Morgan fingerprint density at radius 1 is 0.681 bits per heavy atom. The van der Waals surface area contributed by atoms with Crippen LogP contribution >= 0.6 is 23.2 Å². The molecule has 4 aromatic heterocycles. The molecule has 0 bridgehead atoms. The van der Waals surface area contributed by atoms with E-state index in [1.807, 2.05) is 87.7 Å². The van der Waals surface area contributed by atoms with Gasteiger partial charge < -0.3 is 49.9 Å². The van der Waals surface area contributed by atoms with Crippen molar-refractivity contribution in [3.8, 4) is 0 Å². The van der Waals surface area contributed by atoms with Crippen molar-refractivity contribution in [3.63, 3.8) is 0 Å². The van der Waals surface area contributed by atoms with Gasteiger partial charge in [0.15, 0.2) is 11.6 Å². The zero-order valence-corrected chi connectivity index (χ0v) is 43.1. The number of amides is 3. The van der Waals surface area contributed by atoms with Gasteiger partial charge in [0.2, 0.25) is 0 Å². The molecule has 2 atom stereocenters. The third kappa shape index (κ3) is 12.2. The number of alkyl carbamates (subject to hydrolysis) is 2. The van der Waals surface area contributed by atoms with Crippen LogP contribution in [0.5, 0.6) is 0 Å². The summed E-state index contributed by atoms with van der Waals surface area (Å²) < 4.78 is 15.9. The van der Waals surface area contributed by atoms with Crippen molar-refractivity contribution in [1.82, 2.24) is 39.0 Å². The monoisotopic (exact) mass is 1030 g/mol. The number of carboxylic acid groups (broad SMARTS) is 1. The molecule has 0 unspecified atom stereocenters. The number of aromatic carboxylic acids is 1. The smallest absolute Gasteiger partial charge is 0.407 e. The third-order valence-corrected chi connectivity index (χ3v) is 12.9. The SMILES string of the molecule is Cn1c(C(=O)O)cn2nc(N3CCC[C@@H](NC(=O)OC(C)(C)C)C3)c(Cc3ccccc3Cl)c2c1=O.Cn1c(C(N)=O)cn2nc(N3CCC[C@@H](NC(=O)OC(C)(C)C)C3)c(Cc3ccccc3Cl)c2c1=O. The Kier molecular flexibility index (Phi) is 15.6. The highest BCUT2D eigenvalue weighted by Gasteiger charge is 2.32. The number of anilines is 2. The van der Waals surface area contributed by atoms with Crippen molar-refractivity contribution in [2.75, 3.05) is 36.0 Å². The number of piperidine rings is 2. The van der Waals surface area contributed by atoms with E-state index in [1.165, 1.54) is 40.1 Å². The van der Waals surface area contributed by atoms with E-state index in [9.17, 15) is 33.9 Å². The molecule has 2 aliphatic rings.